The van der Waals surface area contributed by atoms with E-state index in [4.69, 9.17) is 9.84 Å². The first-order valence-corrected chi connectivity index (χ1v) is 11.1. The summed E-state index contributed by atoms with van der Waals surface area (Å²) < 4.78 is 5.35. The van der Waals surface area contributed by atoms with E-state index in [9.17, 15) is 19.7 Å². The molecular formula is C24H27N3O6. The maximum atomic E-state index is 12.6. The van der Waals surface area contributed by atoms with Crippen LogP contribution < -0.4 is 4.90 Å². The van der Waals surface area contributed by atoms with Gasteiger partial charge in [-0.05, 0) is 41.7 Å². The third kappa shape index (κ3) is 5.67. The molecule has 1 saturated carbocycles. The number of nitrogens with zero attached hydrogens (tertiary/aromatic N) is 3. The zero-order chi connectivity index (χ0) is 23.4. The van der Waals surface area contributed by atoms with Crippen molar-refractivity contribution in [2.45, 2.75) is 25.8 Å². The fraction of sp³-hybridized carbons (Fsp3) is 0.417. The summed E-state index contributed by atoms with van der Waals surface area (Å²) in [5.41, 5.74) is 3.00. The Kier molecular flexibility index (Phi) is 6.88. The van der Waals surface area contributed by atoms with E-state index in [1.165, 1.54) is 0 Å². The fourth-order valence-corrected chi connectivity index (χ4v) is 4.08. The van der Waals surface area contributed by atoms with E-state index in [1.54, 1.807) is 17.0 Å². The molecule has 2 aromatic carbocycles. The number of carboxylic acid groups (broad SMARTS) is 1. The molecule has 0 aromatic heterocycles. The highest BCUT2D eigenvalue weighted by Gasteiger charge is 2.33. The number of hydrogen-bond acceptors (Lipinski definition) is 6. The minimum Gasteiger partial charge on any atom is -0.481 e. The third-order valence-electron chi connectivity index (χ3n) is 5.99. The second-order valence-corrected chi connectivity index (χ2v) is 8.44. The Morgan fingerprint density at radius 3 is 2.52 bits per heavy atom. The van der Waals surface area contributed by atoms with Crippen molar-refractivity contribution < 1.29 is 24.4 Å². The molecule has 0 atom stereocenters. The molecular weight excluding hydrogens is 426 g/mol. The van der Waals surface area contributed by atoms with Crippen LogP contribution in [0.4, 0.5) is 11.4 Å². The highest BCUT2D eigenvalue weighted by molar-refractivity contribution is 5.81. The minimum atomic E-state index is -0.940. The van der Waals surface area contributed by atoms with Gasteiger partial charge in [-0.25, -0.2) is 0 Å². The quantitative estimate of drug-likeness (QED) is 0.458. The van der Waals surface area contributed by atoms with E-state index in [-0.39, 0.29) is 35.4 Å². The monoisotopic (exact) mass is 453 g/mol. The number of amides is 1. The number of aliphatic carboxylic acids is 1. The van der Waals surface area contributed by atoms with E-state index in [1.807, 2.05) is 35.2 Å². The zero-order valence-electron chi connectivity index (χ0n) is 18.3. The molecule has 1 aliphatic heterocycles. The van der Waals surface area contributed by atoms with Gasteiger partial charge in [0.15, 0.2) is 0 Å². The van der Waals surface area contributed by atoms with Gasteiger partial charge in [0.1, 0.15) is 5.69 Å². The molecule has 0 unspecified atom stereocenters. The van der Waals surface area contributed by atoms with Crippen molar-refractivity contribution in [3.63, 3.8) is 0 Å². The van der Waals surface area contributed by atoms with Crippen LogP contribution in [-0.2, 0) is 20.9 Å². The van der Waals surface area contributed by atoms with E-state index in [0.29, 0.717) is 44.1 Å². The Labute approximate surface area is 191 Å². The van der Waals surface area contributed by atoms with Gasteiger partial charge in [-0.1, -0.05) is 24.3 Å². The molecule has 33 heavy (non-hydrogen) atoms. The largest absolute Gasteiger partial charge is 0.481 e. The van der Waals surface area contributed by atoms with Crippen LogP contribution in [0, 0.1) is 16.0 Å². The van der Waals surface area contributed by atoms with Crippen LogP contribution in [0.25, 0.3) is 11.1 Å². The molecule has 174 valence electrons. The number of nitro benzene ring substituents is 1. The molecule has 1 amide bonds. The van der Waals surface area contributed by atoms with Crippen LogP contribution in [0.5, 0.6) is 0 Å². The average molecular weight is 453 g/mol. The van der Waals surface area contributed by atoms with Crippen molar-refractivity contribution in [1.82, 2.24) is 4.90 Å². The molecule has 1 heterocycles. The summed E-state index contributed by atoms with van der Waals surface area (Å²) in [6.07, 6.45) is 1.59. The predicted octanol–water partition coefficient (Wildman–Crippen LogP) is 3.31. The summed E-state index contributed by atoms with van der Waals surface area (Å²) >= 11 is 0. The molecule has 1 saturated heterocycles. The van der Waals surface area contributed by atoms with Gasteiger partial charge < -0.3 is 19.6 Å². The van der Waals surface area contributed by atoms with Crippen LogP contribution in [0.15, 0.2) is 42.5 Å². The molecule has 4 rings (SSSR count). The number of benzene rings is 2. The van der Waals surface area contributed by atoms with Crippen molar-refractivity contribution in [1.29, 1.82) is 0 Å². The summed E-state index contributed by atoms with van der Waals surface area (Å²) in [6, 6.07) is 12.7. The number of morpholine rings is 1. The number of nitro groups is 1. The topological polar surface area (TPSA) is 113 Å². The molecule has 1 aliphatic carbocycles. The molecule has 2 fully saturated rings. The van der Waals surface area contributed by atoms with Crippen LogP contribution in [0.3, 0.4) is 0 Å². The molecule has 1 N–H and O–H groups in total. The second kappa shape index (κ2) is 9.99. The molecule has 0 radical (unpaired) electrons. The molecule has 9 heteroatoms. The lowest BCUT2D eigenvalue weighted by Gasteiger charge is -2.28. The van der Waals surface area contributed by atoms with Crippen LogP contribution in [0.1, 0.15) is 24.8 Å². The number of ether oxygens (including phenoxy) is 1. The summed E-state index contributed by atoms with van der Waals surface area (Å²) in [5, 5.41) is 20.8. The zero-order valence-corrected chi connectivity index (χ0v) is 18.3. The van der Waals surface area contributed by atoms with Crippen molar-refractivity contribution in [2.24, 2.45) is 5.92 Å². The normalized spacial score (nSPS) is 15.8. The van der Waals surface area contributed by atoms with E-state index in [2.05, 4.69) is 0 Å². The first-order valence-electron chi connectivity index (χ1n) is 11.1. The van der Waals surface area contributed by atoms with Crippen molar-refractivity contribution in [3.05, 3.63) is 58.1 Å². The summed E-state index contributed by atoms with van der Waals surface area (Å²) in [5.74, 6) is -0.950. The summed E-state index contributed by atoms with van der Waals surface area (Å²) in [4.78, 5) is 38.7. The van der Waals surface area contributed by atoms with Crippen molar-refractivity contribution >= 4 is 23.3 Å². The second-order valence-electron chi connectivity index (χ2n) is 8.44. The highest BCUT2D eigenvalue weighted by Crippen LogP contribution is 2.34. The minimum absolute atomic E-state index is 0.00245. The van der Waals surface area contributed by atoms with Gasteiger partial charge in [-0.2, -0.15) is 0 Å². The molecule has 0 spiro atoms. The van der Waals surface area contributed by atoms with Crippen LogP contribution >= 0.6 is 0 Å². The SMILES string of the molecule is O=C(O)CCN(Cc1cccc(-c2ccc(N3CCOCC3)c([N+](=O)[O-])c2)c1)C(=O)C1CC1. The molecule has 0 bridgehead atoms. The molecule has 2 aliphatic rings. The summed E-state index contributed by atoms with van der Waals surface area (Å²) in [7, 11) is 0. The smallest absolute Gasteiger partial charge is 0.305 e. The van der Waals surface area contributed by atoms with E-state index >= 15 is 0 Å². The van der Waals surface area contributed by atoms with Gasteiger partial charge in [-0.15, -0.1) is 0 Å². The Morgan fingerprint density at radius 1 is 1.12 bits per heavy atom. The van der Waals surface area contributed by atoms with E-state index < -0.39 is 5.97 Å². The molecule has 9 nitrogen and oxygen atoms in total. The Balaban J connectivity index is 1.57. The first kappa shape index (κ1) is 22.7. The lowest BCUT2D eigenvalue weighted by molar-refractivity contribution is -0.384. The number of hydrogen-bond donors (Lipinski definition) is 1. The average Bonchev–Trinajstić information content (AvgIpc) is 3.67. The van der Waals surface area contributed by atoms with Gasteiger partial charge in [0.05, 0.1) is 24.6 Å². The van der Waals surface area contributed by atoms with E-state index in [0.717, 1.165) is 24.0 Å². The predicted molar refractivity (Wildman–Crippen MR) is 122 cm³/mol. The molecule has 2 aromatic rings. The lowest BCUT2D eigenvalue weighted by atomic mass is 10.0. The van der Waals surface area contributed by atoms with Crippen molar-refractivity contribution in [2.75, 3.05) is 37.7 Å². The number of rotatable bonds is 9. The third-order valence-corrected chi connectivity index (χ3v) is 5.99. The number of carboxylic acids is 1. The maximum Gasteiger partial charge on any atom is 0.305 e. The summed E-state index contributed by atoms with van der Waals surface area (Å²) in [6.45, 7) is 2.77. The first-order chi connectivity index (χ1) is 15.9. The van der Waals surface area contributed by atoms with Crippen LogP contribution in [-0.4, -0.2) is 59.7 Å². The Bertz CT molecular complexity index is 1050. The maximum absolute atomic E-state index is 12.6. The van der Waals surface area contributed by atoms with Gasteiger partial charge in [0.2, 0.25) is 5.91 Å². The van der Waals surface area contributed by atoms with Gasteiger partial charge in [0.25, 0.3) is 5.69 Å². The number of carbonyl (C=O) groups is 2. The number of carbonyl (C=O) groups excluding carboxylic acids is 1. The van der Waals surface area contributed by atoms with Crippen molar-refractivity contribution in [3.8, 4) is 11.1 Å². The highest BCUT2D eigenvalue weighted by atomic mass is 16.6. The lowest BCUT2D eigenvalue weighted by Crippen LogP contribution is -2.36. The van der Waals surface area contributed by atoms with Gasteiger partial charge >= 0.3 is 5.97 Å². The van der Waals surface area contributed by atoms with Gasteiger partial charge in [-0.3, -0.25) is 19.7 Å². The number of anilines is 1. The fourth-order valence-electron chi connectivity index (χ4n) is 4.08. The van der Waals surface area contributed by atoms with Gasteiger partial charge in [0, 0.05) is 38.2 Å². The standard InChI is InChI=1S/C24H27N3O6/c28-23(29)8-9-26(24(30)18-4-5-18)16-17-2-1-3-19(14-17)20-6-7-21(22(15-20)27(31)32)25-10-12-33-13-11-25/h1-3,6-7,14-15,18H,4-5,8-13,16H2,(H,28,29). The Morgan fingerprint density at radius 2 is 1.85 bits per heavy atom. The Hall–Kier alpha value is -3.46. The van der Waals surface area contributed by atoms with Crippen LogP contribution in [0.2, 0.25) is 0 Å².